The second-order valence-corrected chi connectivity index (χ2v) is 11.3. The highest BCUT2D eigenvalue weighted by Crippen LogP contribution is 2.32. The minimum absolute atomic E-state index is 0.624. The van der Waals surface area contributed by atoms with Gasteiger partial charge in [0, 0.05) is 0 Å². The van der Waals surface area contributed by atoms with Crippen molar-refractivity contribution in [2.75, 3.05) is 0 Å². The first-order chi connectivity index (χ1) is 8.90. The van der Waals surface area contributed by atoms with E-state index in [4.69, 9.17) is 4.12 Å². The maximum Gasteiger partial charge on any atom is 0.263 e. The Morgan fingerprint density at radius 3 is 1.37 bits per heavy atom. The lowest BCUT2D eigenvalue weighted by molar-refractivity contribution is 0.607. The van der Waals surface area contributed by atoms with Crippen LogP contribution in [0.25, 0.3) is 0 Å². The molecule has 19 heavy (non-hydrogen) atoms. The van der Waals surface area contributed by atoms with Gasteiger partial charge >= 0.3 is 0 Å². The third-order valence-electron chi connectivity index (χ3n) is 3.97. The predicted octanol–water partition coefficient (Wildman–Crippen LogP) is 4.47. The fourth-order valence-electron chi connectivity index (χ4n) is 2.19. The first kappa shape index (κ1) is 18.4. The normalized spacial score (nSPS) is 19.2. The summed E-state index contributed by atoms with van der Waals surface area (Å²) < 4.78 is 6.65. The average Bonchev–Trinajstić information content (AvgIpc) is 2.45. The summed E-state index contributed by atoms with van der Waals surface area (Å²) in [6.07, 6.45) is 8.87. The summed E-state index contributed by atoms with van der Waals surface area (Å²) >= 11 is 0. The van der Waals surface area contributed by atoms with Crippen molar-refractivity contribution in [2.24, 2.45) is 0 Å². The molecule has 0 aromatic carbocycles. The van der Waals surface area contributed by atoms with Gasteiger partial charge in [-0.15, -0.1) is 0 Å². The van der Waals surface area contributed by atoms with Crippen LogP contribution >= 0.6 is 0 Å². The summed E-state index contributed by atoms with van der Waals surface area (Å²) in [6, 6.07) is 0. The van der Waals surface area contributed by atoms with Gasteiger partial charge in [0.25, 0.3) is 8.32 Å². The molecule has 0 amide bonds. The molecule has 0 aromatic heterocycles. The first-order valence-corrected chi connectivity index (χ1v) is 10.3. The van der Waals surface area contributed by atoms with Crippen molar-refractivity contribution in [3.63, 3.8) is 0 Å². The van der Waals surface area contributed by atoms with Crippen LogP contribution in [0, 0.1) is 0 Å². The summed E-state index contributed by atoms with van der Waals surface area (Å²) in [5.41, 5.74) is 0. The minimum atomic E-state index is -2.08. The number of hydrogen-bond acceptors (Lipinski definition) is 1. The van der Waals surface area contributed by atoms with Crippen molar-refractivity contribution < 1.29 is 4.12 Å². The molecule has 0 aliphatic carbocycles. The third kappa shape index (κ3) is 4.16. The van der Waals surface area contributed by atoms with Crippen LogP contribution in [0.15, 0.2) is 45.1 Å². The quantitative estimate of drug-likeness (QED) is 0.657. The largest absolute Gasteiger partial charge is 0.448 e. The molecular formula is C16H30OSi2. The van der Waals surface area contributed by atoms with Gasteiger partial charge in [-0.05, 0) is 55.4 Å². The summed E-state index contributed by atoms with van der Waals surface area (Å²) in [5.74, 6) is 0. The highest BCUT2D eigenvalue weighted by atomic mass is 28.4. The van der Waals surface area contributed by atoms with Crippen molar-refractivity contribution >= 4 is 18.1 Å². The van der Waals surface area contributed by atoms with E-state index in [0.29, 0.717) is 0 Å². The Morgan fingerprint density at radius 2 is 1.11 bits per heavy atom. The van der Waals surface area contributed by atoms with E-state index >= 15 is 0 Å². The van der Waals surface area contributed by atoms with Crippen LogP contribution in [0.5, 0.6) is 0 Å². The lowest BCUT2D eigenvalue weighted by Gasteiger charge is -2.35. The Balaban J connectivity index is 5.79. The van der Waals surface area contributed by atoms with Crippen LogP contribution in [0.2, 0.25) is 0 Å². The summed E-state index contributed by atoms with van der Waals surface area (Å²) in [7, 11) is -2.70. The van der Waals surface area contributed by atoms with Crippen molar-refractivity contribution in [2.45, 2.75) is 55.4 Å². The number of allylic oxidation sites excluding steroid dienone is 8. The Hall–Kier alpha value is -0.646. The van der Waals surface area contributed by atoms with E-state index in [9.17, 15) is 0 Å². The SMILES string of the molecule is CC=C(C)[SiH2]O[Si](C(C)=CC)(C(C)=CC)C(C)=CC. The molecule has 0 N–H and O–H groups in total. The van der Waals surface area contributed by atoms with Gasteiger partial charge in [-0.3, -0.25) is 0 Å². The molecule has 0 radical (unpaired) electrons. The zero-order valence-electron chi connectivity index (χ0n) is 13.9. The molecule has 0 fully saturated rings. The molecule has 108 valence electrons. The van der Waals surface area contributed by atoms with Crippen molar-refractivity contribution in [1.29, 1.82) is 0 Å². The zero-order valence-corrected chi connectivity index (χ0v) is 16.3. The van der Waals surface area contributed by atoms with Crippen LogP contribution in [0.4, 0.5) is 0 Å². The first-order valence-electron chi connectivity index (χ1n) is 7.06. The highest BCUT2D eigenvalue weighted by Gasteiger charge is 2.40. The number of rotatable bonds is 6. The molecule has 0 aliphatic heterocycles. The van der Waals surface area contributed by atoms with E-state index in [0.717, 1.165) is 0 Å². The van der Waals surface area contributed by atoms with Crippen molar-refractivity contribution in [3.05, 3.63) is 45.1 Å². The Bertz CT molecular complexity index is 369. The van der Waals surface area contributed by atoms with E-state index < -0.39 is 18.1 Å². The van der Waals surface area contributed by atoms with E-state index in [1.807, 2.05) is 0 Å². The van der Waals surface area contributed by atoms with Crippen LogP contribution in [-0.2, 0) is 4.12 Å². The van der Waals surface area contributed by atoms with E-state index in [1.54, 1.807) is 0 Å². The summed E-state index contributed by atoms with van der Waals surface area (Å²) in [4.78, 5) is 0. The lowest BCUT2D eigenvalue weighted by atomic mass is 10.5. The molecular weight excluding hydrogens is 264 g/mol. The van der Waals surface area contributed by atoms with E-state index in [1.165, 1.54) is 20.8 Å². The second kappa shape index (κ2) is 8.51. The molecule has 0 bridgehead atoms. The van der Waals surface area contributed by atoms with E-state index in [-0.39, 0.29) is 0 Å². The van der Waals surface area contributed by atoms with Gasteiger partial charge in [0.1, 0.15) is 0 Å². The Kier molecular flexibility index (Phi) is 8.22. The molecule has 0 aromatic rings. The van der Waals surface area contributed by atoms with Crippen LogP contribution in [0.3, 0.4) is 0 Å². The molecule has 0 saturated carbocycles. The van der Waals surface area contributed by atoms with Crippen LogP contribution < -0.4 is 0 Å². The third-order valence-corrected chi connectivity index (χ3v) is 11.3. The zero-order chi connectivity index (χ0) is 15.1. The predicted molar refractivity (Wildman–Crippen MR) is 93.1 cm³/mol. The Labute approximate surface area is 123 Å². The Morgan fingerprint density at radius 1 is 0.737 bits per heavy atom. The second-order valence-electron chi connectivity index (χ2n) is 5.02. The smallest absolute Gasteiger partial charge is 0.263 e. The molecule has 0 unspecified atom stereocenters. The monoisotopic (exact) mass is 294 g/mol. The fraction of sp³-hybridized carbons (Fsp3) is 0.500. The summed E-state index contributed by atoms with van der Waals surface area (Å²) in [6.45, 7) is 17.3. The van der Waals surface area contributed by atoms with Gasteiger partial charge in [0.15, 0.2) is 9.76 Å². The lowest BCUT2D eigenvalue weighted by Crippen LogP contribution is -2.45. The van der Waals surface area contributed by atoms with Gasteiger partial charge in [-0.1, -0.05) is 45.1 Å². The molecule has 0 atom stereocenters. The standard InChI is InChI=1S/C16H30OSi2/c1-9-13(5)18-17-19(14(6)10-2,15(7)11-3)16(8)12-4/h9-12H,18H2,1-8H3. The fourth-order valence-corrected chi connectivity index (χ4v) is 9.95. The van der Waals surface area contributed by atoms with Crippen LogP contribution in [-0.4, -0.2) is 18.1 Å². The maximum absolute atomic E-state index is 6.65. The average molecular weight is 295 g/mol. The van der Waals surface area contributed by atoms with Gasteiger partial charge < -0.3 is 4.12 Å². The topological polar surface area (TPSA) is 9.23 Å². The van der Waals surface area contributed by atoms with Gasteiger partial charge in [0.2, 0.25) is 0 Å². The van der Waals surface area contributed by atoms with Gasteiger partial charge in [-0.2, -0.15) is 0 Å². The van der Waals surface area contributed by atoms with Gasteiger partial charge in [0.05, 0.1) is 0 Å². The van der Waals surface area contributed by atoms with Crippen LogP contribution in [0.1, 0.15) is 55.4 Å². The van der Waals surface area contributed by atoms with Gasteiger partial charge in [-0.25, -0.2) is 0 Å². The molecule has 1 nitrogen and oxygen atoms in total. The van der Waals surface area contributed by atoms with Crippen molar-refractivity contribution in [3.8, 4) is 0 Å². The van der Waals surface area contributed by atoms with Crippen molar-refractivity contribution in [1.82, 2.24) is 0 Å². The molecule has 3 heteroatoms. The molecule has 0 rings (SSSR count). The molecule has 0 aliphatic rings. The maximum atomic E-state index is 6.65. The minimum Gasteiger partial charge on any atom is -0.448 e. The van der Waals surface area contributed by atoms with E-state index in [2.05, 4.69) is 79.7 Å². The molecule has 0 spiro atoms. The summed E-state index contributed by atoms with van der Waals surface area (Å²) in [5, 5.41) is 5.66. The molecule has 0 heterocycles. The highest BCUT2D eigenvalue weighted by molar-refractivity contribution is 6.95. The molecule has 0 saturated heterocycles. The number of hydrogen-bond donors (Lipinski definition) is 0.